The number of aliphatic hydroxyl groups is 1. The van der Waals surface area contributed by atoms with Gasteiger partial charge in [-0.2, -0.15) is 0 Å². The van der Waals surface area contributed by atoms with Crippen LogP contribution >= 0.6 is 0 Å². The van der Waals surface area contributed by atoms with E-state index in [2.05, 4.69) is 4.98 Å². The number of rotatable bonds is 4. The zero-order chi connectivity index (χ0) is 17.1. The van der Waals surface area contributed by atoms with E-state index in [1.165, 1.54) is 0 Å². The second-order valence-corrected chi connectivity index (χ2v) is 6.54. The van der Waals surface area contributed by atoms with E-state index in [0.717, 1.165) is 17.7 Å². The van der Waals surface area contributed by atoms with Crippen molar-refractivity contribution in [2.45, 2.75) is 12.5 Å². The normalized spacial score (nSPS) is 20.2. The van der Waals surface area contributed by atoms with Crippen molar-refractivity contribution < 1.29 is 9.90 Å². The second-order valence-electron chi connectivity index (χ2n) is 6.54. The highest BCUT2D eigenvalue weighted by atomic mass is 16.3. The highest BCUT2D eigenvalue weighted by Gasteiger charge is 2.34. The molecule has 0 aliphatic carbocycles. The van der Waals surface area contributed by atoms with Crippen molar-refractivity contribution in [2.75, 3.05) is 32.1 Å². The molecule has 2 aromatic rings. The van der Waals surface area contributed by atoms with Gasteiger partial charge in [0.05, 0.1) is 6.10 Å². The third-order valence-electron chi connectivity index (χ3n) is 4.55. The number of pyridine rings is 1. The van der Waals surface area contributed by atoms with Gasteiger partial charge in [0.1, 0.15) is 0 Å². The Morgan fingerprint density at radius 1 is 1.25 bits per heavy atom. The van der Waals surface area contributed by atoms with Crippen LogP contribution in [0.25, 0.3) is 0 Å². The Labute approximate surface area is 142 Å². The summed E-state index contributed by atoms with van der Waals surface area (Å²) in [6.45, 7) is 0.968. The van der Waals surface area contributed by atoms with Crippen LogP contribution in [-0.4, -0.2) is 54.2 Å². The predicted octanol–water partition coefficient (Wildman–Crippen LogP) is 1.82. The maximum atomic E-state index is 12.8. The Balaban J connectivity index is 1.70. The summed E-state index contributed by atoms with van der Waals surface area (Å²) >= 11 is 0. The molecule has 0 bridgehead atoms. The van der Waals surface area contributed by atoms with Crippen molar-refractivity contribution >= 4 is 11.6 Å². The molecule has 2 heterocycles. The molecule has 0 radical (unpaired) electrons. The van der Waals surface area contributed by atoms with Gasteiger partial charge >= 0.3 is 0 Å². The maximum absolute atomic E-state index is 12.8. The molecule has 1 saturated heterocycles. The third kappa shape index (κ3) is 3.57. The van der Waals surface area contributed by atoms with Crippen molar-refractivity contribution in [1.29, 1.82) is 0 Å². The standard InChI is InChI=1S/C19H23N3O2/c1-21(2)17-5-3-4-15(11-17)19(24)22-12-16(18(23)13-22)10-14-6-8-20-9-7-14/h3-9,11,16,18,23H,10,12-13H2,1-2H3/t16-,18-/m1/s1. The van der Waals surface area contributed by atoms with Gasteiger partial charge in [-0.3, -0.25) is 9.78 Å². The van der Waals surface area contributed by atoms with E-state index in [9.17, 15) is 9.90 Å². The Bertz CT molecular complexity index is 703. The summed E-state index contributed by atoms with van der Waals surface area (Å²) in [4.78, 5) is 20.5. The van der Waals surface area contributed by atoms with Gasteiger partial charge < -0.3 is 14.9 Å². The number of amides is 1. The average molecular weight is 325 g/mol. The largest absolute Gasteiger partial charge is 0.391 e. The summed E-state index contributed by atoms with van der Waals surface area (Å²) in [5.74, 6) is 0.0448. The van der Waals surface area contributed by atoms with E-state index >= 15 is 0 Å². The zero-order valence-corrected chi connectivity index (χ0v) is 14.1. The van der Waals surface area contributed by atoms with Gasteiger partial charge in [0.25, 0.3) is 5.91 Å². The number of aromatic nitrogens is 1. The van der Waals surface area contributed by atoms with Crippen molar-refractivity contribution in [3.8, 4) is 0 Å². The molecule has 1 aromatic carbocycles. The summed E-state index contributed by atoms with van der Waals surface area (Å²) in [5.41, 5.74) is 2.80. The molecule has 0 spiro atoms. The quantitative estimate of drug-likeness (QED) is 0.932. The number of anilines is 1. The Morgan fingerprint density at radius 3 is 2.71 bits per heavy atom. The minimum atomic E-state index is -0.487. The number of β-amino-alcohol motifs (C(OH)–C–C–N with tert-alkyl or cyclic N) is 1. The van der Waals surface area contributed by atoms with Crippen LogP contribution in [0.2, 0.25) is 0 Å². The molecule has 5 heteroatoms. The van der Waals surface area contributed by atoms with E-state index < -0.39 is 6.10 Å². The lowest BCUT2D eigenvalue weighted by molar-refractivity contribution is 0.0764. The Morgan fingerprint density at radius 2 is 2.00 bits per heavy atom. The topological polar surface area (TPSA) is 56.7 Å². The van der Waals surface area contributed by atoms with E-state index in [4.69, 9.17) is 0 Å². The van der Waals surface area contributed by atoms with E-state index in [0.29, 0.717) is 18.7 Å². The molecule has 5 nitrogen and oxygen atoms in total. The number of hydrogen-bond acceptors (Lipinski definition) is 4. The Hall–Kier alpha value is -2.40. The molecular formula is C19H23N3O2. The first-order chi connectivity index (χ1) is 11.5. The van der Waals surface area contributed by atoms with Crippen molar-refractivity contribution in [2.24, 2.45) is 5.92 Å². The second kappa shape index (κ2) is 7.01. The van der Waals surface area contributed by atoms with Crippen LogP contribution in [0.15, 0.2) is 48.8 Å². The number of hydrogen-bond donors (Lipinski definition) is 1. The molecule has 1 N–H and O–H groups in total. The molecule has 1 aromatic heterocycles. The van der Waals surface area contributed by atoms with Crippen LogP contribution in [0.4, 0.5) is 5.69 Å². The fraction of sp³-hybridized carbons (Fsp3) is 0.368. The molecule has 1 amide bonds. The molecule has 1 aliphatic rings. The number of aliphatic hydroxyl groups excluding tert-OH is 1. The van der Waals surface area contributed by atoms with Crippen LogP contribution in [0.5, 0.6) is 0 Å². The van der Waals surface area contributed by atoms with Gasteiger partial charge in [-0.05, 0) is 42.3 Å². The highest BCUT2D eigenvalue weighted by molar-refractivity contribution is 5.95. The maximum Gasteiger partial charge on any atom is 0.254 e. The van der Waals surface area contributed by atoms with E-state index in [1.54, 1.807) is 17.3 Å². The van der Waals surface area contributed by atoms with Gasteiger partial charge in [-0.15, -0.1) is 0 Å². The minimum absolute atomic E-state index is 0.0185. The average Bonchev–Trinajstić information content (AvgIpc) is 2.96. The first-order valence-corrected chi connectivity index (χ1v) is 8.18. The molecule has 0 unspecified atom stereocenters. The fourth-order valence-corrected chi connectivity index (χ4v) is 3.14. The predicted molar refractivity (Wildman–Crippen MR) is 94.1 cm³/mol. The van der Waals surface area contributed by atoms with E-state index in [1.807, 2.05) is 55.4 Å². The number of carbonyl (C=O) groups excluding carboxylic acids is 1. The molecular weight excluding hydrogens is 302 g/mol. The number of nitrogens with zero attached hydrogens (tertiary/aromatic N) is 3. The third-order valence-corrected chi connectivity index (χ3v) is 4.55. The van der Waals surface area contributed by atoms with Crippen LogP contribution in [0.1, 0.15) is 15.9 Å². The summed E-state index contributed by atoms with van der Waals surface area (Å²) < 4.78 is 0. The number of carbonyl (C=O) groups is 1. The smallest absolute Gasteiger partial charge is 0.254 e. The summed E-state index contributed by atoms with van der Waals surface area (Å²) in [5, 5.41) is 10.3. The first-order valence-electron chi connectivity index (χ1n) is 8.18. The van der Waals surface area contributed by atoms with Crippen LogP contribution in [-0.2, 0) is 6.42 Å². The number of likely N-dealkylation sites (tertiary alicyclic amines) is 1. The lowest BCUT2D eigenvalue weighted by atomic mass is 9.97. The van der Waals surface area contributed by atoms with Gasteiger partial charge in [0.15, 0.2) is 0 Å². The SMILES string of the molecule is CN(C)c1cccc(C(=O)N2C[C@@H](Cc3ccncc3)[C@H](O)C2)c1. The molecule has 1 aliphatic heterocycles. The molecule has 1 fully saturated rings. The molecule has 0 saturated carbocycles. The summed E-state index contributed by atoms with van der Waals surface area (Å²) in [6.07, 6.45) is 3.78. The van der Waals surface area contributed by atoms with Gasteiger partial charge in [-0.25, -0.2) is 0 Å². The van der Waals surface area contributed by atoms with Gasteiger partial charge in [0.2, 0.25) is 0 Å². The Kier molecular flexibility index (Phi) is 4.81. The summed E-state index contributed by atoms with van der Waals surface area (Å²) in [6, 6.07) is 11.5. The van der Waals surface area contributed by atoms with Crippen molar-refractivity contribution in [3.05, 3.63) is 59.9 Å². The molecule has 24 heavy (non-hydrogen) atoms. The van der Waals surface area contributed by atoms with Gasteiger partial charge in [-0.1, -0.05) is 6.07 Å². The van der Waals surface area contributed by atoms with Gasteiger partial charge in [0, 0.05) is 56.7 Å². The van der Waals surface area contributed by atoms with Crippen LogP contribution < -0.4 is 4.90 Å². The highest BCUT2D eigenvalue weighted by Crippen LogP contribution is 2.24. The summed E-state index contributed by atoms with van der Waals surface area (Å²) in [7, 11) is 3.90. The first kappa shape index (κ1) is 16.5. The van der Waals surface area contributed by atoms with Crippen molar-refractivity contribution in [1.82, 2.24) is 9.88 Å². The van der Waals surface area contributed by atoms with Crippen LogP contribution in [0.3, 0.4) is 0 Å². The van der Waals surface area contributed by atoms with Crippen molar-refractivity contribution in [3.63, 3.8) is 0 Å². The minimum Gasteiger partial charge on any atom is -0.391 e. The zero-order valence-electron chi connectivity index (χ0n) is 14.1. The molecule has 3 rings (SSSR count). The molecule has 2 atom stereocenters. The molecule has 126 valence electrons. The monoisotopic (exact) mass is 325 g/mol. The van der Waals surface area contributed by atoms with E-state index in [-0.39, 0.29) is 11.8 Å². The van der Waals surface area contributed by atoms with Crippen LogP contribution in [0, 0.1) is 5.92 Å². The lowest BCUT2D eigenvalue weighted by Crippen LogP contribution is -2.29. The fourth-order valence-electron chi connectivity index (χ4n) is 3.14. The number of benzene rings is 1. The lowest BCUT2D eigenvalue weighted by Gasteiger charge is -2.18.